The molecule has 2 N–H and O–H groups in total. The van der Waals surface area contributed by atoms with E-state index in [0.717, 1.165) is 43.9 Å². The summed E-state index contributed by atoms with van der Waals surface area (Å²) in [6.07, 6.45) is 7.40. The first-order valence-electron chi connectivity index (χ1n) is 9.52. The quantitative estimate of drug-likeness (QED) is 0.742. The number of aryl methyl sites for hydroxylation is 1. The molecule has 4 nitrogen and oxygen atoms in total. The molecule has 3 rings (SSSR count). The van der Waals surface area contributed by atoms with Gasteiger partial charge < -0.3 is 10.6 Å². The molecule has 27 heavy (non-hydrogen) atoms. The van der Waals surface area contributed by atoms with Gasteiger partial charge in [-0.3, -0.25) is 9.78 Å². The fourth-order valence-corrected chi connectivity index (χ4v) is 3.13. The highest BCUT2D eigenvalue weighted by Gasteiger charge is 2.22. The molecule has 0 saturated heterocycles. The molecule has 0 radical (unpaired) electrons. The standard InChI is InChI=1S/C19H21F2N3O.C2H6/c1-12-7-8-16(14(20)9-12)24-17-11-22-10-15(21)18(17)19(25)23-13-5-3-2-4-6-13;1-2/h7-11,13,24H,2-6H2,1H3,(H,23,25);1-2H3. The smallest absolute Gasteiger partial charge is 0.256 e. The van der Waals surface area contributed by atoms with E-state index in [9.17, 15) is 13.6 Å². The lowest BCUT2D eigenvalue weighted by atomic mass is 9.95. The summed E-state index contributed by atoms with van der Waals surface area (Å²) in [5.74, 6) is -1.70. The van der Waals surface area contributed by atoms with Gasteiger partial charge in [0.1, 0.15) is 11.4 Å². The zero-order valence-electron chi connectivity index (χ0n) is 16.1. The van der Waals surface area contributed by atoms with Crippen LogP contribution in [0.25, 0.3) is 0 Å². The Morgan fingerprint density at radius 2 is 1.74 bits per heavy atom. The summed E-state index contributed by atoms with van der Waals surface area (Å²) >= 11 is 0. The van der Waals surface area contributed by atoms with Gasteiger partial charge in [0, 0.05) is 6.04 Å². The van der Waals surface area contributed by atoms with Gasteiger partial charge >= 0.3 is 0 Å². The SMILES string of the molecule is CC.Cc1ccc(Nc2cncc(F)c2C(=O)NC2CCCCC2)c(F)c1. The van der Waals surface area contributed by atoms with Gasteiger partial charge in [0.05, 0.1) is 23.8 Å². The Hall–Kier alpha value is -2.50. The highest BCUT2D eigenvalue weighted by molar-refractivity contribution is 6.00. The van der Waals surface area contributed by atoms with Crippen molar-refractivity contribution < 1.29 is 13.6 Å². The maximum atomic E-state index is 14.3. The summed E-state index contributed by atoms with van der Waals surface area (Å²) in [5.41, 5.74) is 0.956. The molecule has 0 bridgehead atoms. The molecule has 6 heteroatoms. The van der Waals surface area contributed by atoms with Crippen LogP contribution in [0.5, 0.6) is 0 Å². The van der Waals surface area contributed by atoms with Crippen molar-refractivity contribution in [3.8, 4) is 0 Å². The lowest BCUT2D eigenvalue weighted by Gasteiger charge is -2.23. The number of carbonyl (C=O) groups is 1. The van der Waals surface area contributed by atoms with Crippen LogP contribution in [0.2, 0.25) is 0 Å². The van der Waals surface area contributed by atoms with Crippen molar-refractivity contribution >= 4 is 17.3 Å². The molecule has 1 aromatic heterocycles. The van der Waals surface area contributed by atoms with Crippen LogP contribution in [0.1, 0.15) is 61.9 Å². The molecule has 146 valence electrons. The third kappa shape index (κ3) is 5.49. The van der Waals surface area contributed by atoms with Gasteiger partial charge in [-0.2, -0.15) is 0 Å². The molecule has 0 aliphatic heterocycles. The molecule has 1 fully saturated rings. The summed E-state index contributed by atoms with van der Waals surface area (Å²) in [6, 6.07) is 4.72. The number of rotatable bonds is 4. The predicted octanol–water partition coefficient (Wildman–Crippen LogP) is 5.50. The molecular formula is C21H27F2N3O. The van der Waals surface area contributed by atoms with Crippen LogP contribution in [0, 0.1) is 18.6 Å². The van der Waals surface area contributed by atoms with E-state index in [2.05, 4.69) is 15.6 Å². The lowest BCUT2D eigenvalue weighted by molar-refractivity contribution is 0.0924. The number of hydrogen-bond acceptors (Lipinski definition) is 3. The third-order valence-corrected chi connectivity index (χ3v) is 4.46. The third-order valence-electron chi connectivity index (χ3n) is 4.46. The molecule has 1 aliphatic carbocycles. The van der Waals surface area contributed by atoms with Crippen molar-refractivity contribution in [1.29, 1.82) is 0 Å². The summed E-state index contributed by atoms with van der Waals surface area (Å²) in [4.78, 5) is 16.3. The number of carbonyl (C=O) groups excluding carboxylic acids is 1. The maximum Gasteiger partial charge on any atom is 0.256 e. The molecule has 1 amide bonds. The number of aromatic nitrogens is 1. The van der Waals surface area contributed by atoms with Gasteiger partial charge in [-0.25, -0.2) is 8.78 Å². The van der Waals surface area contributed by atoms with E-state index in [-0.39, 0.29) is 23.0 Å². The number of nitrogens with zero attached hydrogens (tertiary/aromatic N) is 1. The summed E-state index contributed by atoms with van der Waals surface area (Å²) in [6.45, 7) is 5.78. The van der Waals surface area contributed by atoms with Crippen molar-refractivity contribution in [2.24, 2.45) is 0 Å². The van der Waals surface area contributed by atoms with Gasteiger partial charge in [0.15, 0.2) is 5.82 Å². The molecule has 0 atom stereocenters. The highest BCUT2D eigenvalue weighted by atomic mass is 19.1. The topological polar surface area (TPSA) is 54.0 Å². The Labute approximate surface area is 159 Å². The highest BCUT2D eigenvalue weighted by Crippen LogP contribution is 2.26. The first-order chi connectivity index (χ1) is 13.0. The zero-order chi connectivity index (χ0) is 19.8. The monoisotopic (exact) mass is 375 g/mol. The fourth-order valence-electron chi connectivity index (χ4n) is 3.13. The number of benzene rings is 1. The first kappa shape index (κ1) is 20.8. The van der Waals surface area contributed by atoms with Crippen LogP contribution in [0.4, 0.5) is 20.2 Å². The molecule has 0 unspecified atom stereocenters. The fraction of sp³-hybridized carbons (Fsp3) is 0.429. The number of amides is 1. The lowest BCUT2D eigenvalue weighted by Crippen LogP contribution is -2.37. The van der Waals surface area contributed by atoms with Crippen LogP contribution in [0.3, 0.4) is 0 Å². The molecule has 1 heterocycles. The van der Waals surface area contributed by atoms with Crippen LogP contribution >= 0.6 is 0 Å². The summed E-state index contributed by atoms with van der Waals surface area (Å²) in [7, 11) is 0. The largest absolute Gasteiger partial charge is 0.351 e. The Balaban J connectivity index is 0.00000126. The van der Waals surface area contributed by atoms with E-state index in [1.165, 1.54) is 12.3 Å². The van der Waals surface area contributed by atoms with E-state index in [0.29, 0.717) is 0 Å². The Morgan fingerprint density at radius 3 is 2.41 bits per heavy atom. The number of anilines is 2. The number of nitrogens with one attached hydrogen (secondary N) is 2. The number of hydrogen-bond donors (Lipinski definition) is 2. The van der Waals surface area contributed by atoms with Gasteiger partial charge in [0.2, 0.25) is 0 Å². The predicted molar refractivity (Wildman–Crippen MR) is 104 cm³/mol. The summed E-state index contributed by atoms with van der Waals surface area (Å²) < 4.78 is 28.3. The summed E-state index contributed by atoms with van der Waals surface area (Å²) in [5, 5.41) is 5.67. The minimum atomic E-state index is -0.731. The molecule has 1 aromatic carbocycles. The molecular weight excluding hydrogens is 348 g/mol. The van der Waals surface area contributed by atoms with E-state index < -0.39 is 17.5 Å². The second-order valence-electron chi connectivity index (χ2n) is 6.46. The first-order valence-corrected chi connectivity index (χ1v) is 9.52. The minimum absolute atomic E-state index is 0.0535. The van der Waals surface area contributed by atoms with Crippen molar-refractivity contribution in [2.75, 3.05) is 5.32 Å². The average Bonchev–Trinajstić information content (AvgIpc) is 2.66. The second-order valence-corrected chi connectivity index (χ2v) is 6.46. The second kappa shape index (κ2) is 10.00. The van der Waals surface area contributed by atoms with Crippen LogP contribution in [-0.4, -0.2) is 16.9 Å². The van der Waals surface area contributed by atoms with Crippen molar-refractivity contribution in [3.63, 3.8) is 0 Å². The van der Waals surface area contributed by atoms with Crippen molar-refractivity contribution in [1.82, 2.24) is 10.3 Å². The molecule has 2 aromatic rings. The van der Waals surface area contributed by atoms with Gasteiger partial charge in [-0.15, -0.1) is 0 Å². The molecule has 0 spiro atoms. The molecule has 1 aliphatic rings. The number of pyridine rings is 1. The van der Waals surface area contributed by atoms with Gasteiger partial charge in [0.25, 0.3) is 5.91 Å². The van der Waals surface area contributed by atoms with E-state index >= 15 is 0 Å². The Kier molecular flexibility index (Phi) is 7.70. The normalized spacial score (nSPS) is 14.1. The maximum absolute atomic E-state index is 14.3. The van der Waals surface area contributed by atoms with Gasteiger partial charge in [-0.05, 0) is 37.5 Å². The Bertz CT molecular complexity index is 774. The van der Waals surface area contributed by atoms with Crippen LogP contribution in [0.15, 0.2) is 30.6 Å². The van der Waals surface area contributed by atoms with E-state index in [4.69, 9.17) is 0 Å². The van der Waals surface area contributed by atoms with Crippen LogP contribution in [-0.2, 0) is 0 Å². The van der Waals surface area contributed by atoms with Crippen LogP contribution < -0.4 is 10.6 Å². The van der Waals surface area contributed by atoms with E-state index in [1.54, 1.807) is 19.1 Å². The van der Waals surface area contributed by atoms with Crippen molar-refractivity contribution in [2.45, 2.75) is 58.9 Å². The average molecular weight is 375 g/mol. The Morgan fingerprint density at radius 1 is 1.04 bits per heavy atom. The molecule has 1 saturated carbocycles. The van der Waals surface area contributed by atoms with Crippen molar-refractivity contribution in [3.05, 3.63) is 53.4 Å². The van der Waals surface area contributed by atoms with Gasteiger partial charge in [-0.1, -0.05) is 39.2 Å². The van der Waals surface area contributed by atoms with E-state index in [1.807, 2.05) is 13.8 Å². The number of halogens is 2. The minimum Gasteiger partial charge on any atom is -0.351 e. The zero-order valence-corrected chi connectivity index (χ0v) is 16.1.